The number of aromatic nitrogens is 2. The average Bonchev–Trinajstić information content (AvgIpc) is 2.29. The molecule has 0 spiro atoms. The first-order valence-electron chi connectivity index (χ1n) is 3.36. The fourth-order valence-electron chi connectivity index (χ4n) is 0.806. The van der Waals surface area contributed by atoms with Crippen molar-refractivity contribution in [3.8, 4) is 0 Å². The Kier molecular flexibility index (Phi) is 2.21. The Labute approximate surface area is 71.8 Å². The van der Waals surface area contributed by atoms with Gasteiger partial charge in [-0.1, -0.05) is 0 Å². The van der Waals surface area contributed by atoms with E-state index < -0.39 is 18.0 Å². The minimum atomic E-state index is -4.71. The highest BCUT2D eigenvalue weighted by molar-refractivity contribution is 5.31. The highest BCUT2D eigenvalue weighted by atomic mass is 19.4. The number of nitrogen functional groups attached to an aromatic ring is 1. The lowest BCUT2D eigenvalue weighted by Crippen LogP contribution is -2.20. The zero-order valence-electron chi connectivity index (χ0n) is 6.71. The molecule has 4 nitrogen and oxygen atoms in total. The van der Waals surface area contributed by atoms with E-state index in [9.17, 15) is 13.2 Å². The number of hydrogen-bond acceptors (Lipinski definition) is 3. The van der Waals surface area contributed by atoms with Crippen molar-refractivity contribution in [1.29, 1.82) is 0 Å². The van der Waals surface area contributed by atoms with Crippen molar-refractivity contribution in [2.24, 2.45) is 7.05 Å². The number of halogens is 3. The summed E-state index contributed by atoms with van der Waals surface area (Å²) in [6.45, 7) is 0. The van der Waals surface area contributed by atoms with Gasteiger partial charge in [0.1, 0.15) is 11.5 Å². The summed E-state index contributed by atoms with van der Waals surface area (Å²) in [7, 11) is 1.39. The molecule has 0 fully saturated rings. The van der Waals surface area contributed by atoms with Gasteiger partial charge in [0.2, 0.25) is 0 Å². The van der Waals surface area contributed by atoms with E-state index in [1.807, 2.05) is 0 Å². The third-order valence-electron chi connectivity index (χ3n) is 1.53. The molecule has 0 aromatic carbocycles. The molecule has 1 atom stereocenters. The lowest BCUT2D eigenvalue weighted by atomic mass is 10.2. The number of hydrogen-bond donors (Lipinski definition) is 2. The smallest absolute Gasteiger partial charge is 0.384 e. The first kappa shape index (κ1) is 9.85. The van der Waals surface area contributed by atoms with Gasteiger partial charge in [0, 0.05) is 13.1 Å². The summed E-state index contributed by atoms with van der Waals surface area (Å²) in [5.41, 5.74) is 4.75. The number of aliphatic hydroxyl groups is 1. The quantitative estimate of drug-likeness (QED) is 0.689. The monoisotopic (exact) mass is 195 g/mol. The summed E-state index contributed by atoms with van der Waals surface area (Å²) in [6, 6.07) is 0.984. The van der Waals surface area contributed by atoms with Gasteiger partial charge < -0.3 is 10.8 Å². The van der Waals surface area contributed by atoms with Crippen molar-refractivity contribution in [2.45, 2.75) is 12.3 Å². The Morgan fingerprint density at radius 1 is 1.62 bits per heavy atom. The molecule has 0 saturated heterocycles. The molecule has 0 radical (unpaired) electrons. The van der Waals surface area contributed by atoms with Crippen LogP contribution in [0.5, 0.6) is 0 Å². The lowest BCUT2D eigenvalue weighted by Gasteiger charge is -2.10. The van der Waals surface area contributed by atoms with Gasteiger partial charge >= 0.3 is 6.18 Å². The van der Waals surface area contributed by atoms with Crippen LogP contribution in [0.25, 0.3) is 0 Å². The molecule has 1 heterocycles. The topological polar surface area (TPSA) is 64.1 Å². The van der Waals surface area contributed by atoms with E-state index in [0.29, 0.717) is 0 Å². The molecule has 1 rings (SSSR count). The highest BCUT2D eigenvalue weighted by Gasteiger charge is 2.41. The largest absolute Gasteiger partial charge is 0.420 e. The number of rotatable bonds is 1. The van der Waals surface area contributed by atoms with Crippen molar-refractivity contribution in [3.05, 3.63) is 11.8 Å². The predicted octanol–water partition coefficient (Wildman–Crippen LogP) is 0.598. The van der Waals surface area contributed by atoms with Crippen LogP contribution in [0.4, 0.5) is 19.0 Å². The van der Waals surface area contributed by atoms with Crippen LogP contribution in [0, 0.1) is 0 Å². The van der Waals surface area contributed by atoms with E-state index in [0.717, 1.165) is 10.7 Å². The molecule has 0 saturated carbocycles. The van der Waals surface area contributed by atoms with Gasteiger partial charge in [0.05, 0.1) is 0 Å². The second kappa shape index (κ2) is 2.91. The van der Waals surface area contributed by atoms with Crippen molar-refractivity contribution in [3.63, 3.8) is 0 Å². The van der Waals surface area contributed by atoms with Gasteiger partial charge in [-0.05, 0) is 0 Å². The second-order valence-electron chi connectivity index (χ2n) is 2.56. The third kappa shape index (κ3) is 1.92. The van der Waals surface area contributed by atoms with Gasteiger partial charge in [-0.25, -0.2) is 0 Å². The molecule has 13 heavy (non-hydrogen) atoms. The Hall–Kier alpha value is -1.24. The third-order valence-corrected chi connectivity index (χ3v) is 1.53. The molecule has 3 N–H and O–H groups in total. The van der Waals surface area contributed by atoms with Gasteiger partial charge in [-0.3, -0.25) is 4.68 Å². The standard InChI is InChI=1S/C6H8F3N3O/c1-12-4(10)2-3(11-12)5(13)6(7,8)9/h2,5,13H,10H2,1H3. The molecule has 0 amide bonds. The molecule has 0 aliphatic heterocycles. The summed E-state index contributed by atoms with van der Waals surface area (Å²) in [5.74, 6) is 0.0679. The van der Waals surface area contributed by atoms with E-state index >= 15 is 0 Å². The highest BCUT2D eigenvalue weighted by Crippen LogP contribution is 2.31. The van der Waals surface area contributed by atoms with Crippen LogP contribution in [0.1, 0.15) is 11.8 Å². The van der Waals surface area contributed by atoms with E-state index in [1.165, 1.54) is 7.05 Å². The number of aryl methyl sites for hydroxylation is 1. The summed E-state index contributed by atoms with van der Waals surface area (Å²) in [5, 5.41) is 12.1. The Morgan fingerprint density at radius 3 is 2.46 bits per heavy atom. The fraction of sp³-hybridized carbons (Fsp3) is 0.500. The zero-order chi connectivity index (χ0) is 10.2. The summed E-state index contributed by atoms with van der Waals surface area (Å²) < 4.78 is 36.9. The summed E-state index contributed by atoms with van der Waals surface area (Å²) in [4.78, 5) is 0. The minimum absolute atomic E-state index is 0.0679. The Morgan fingerprint density at radius 2 is 2.15 bits per heavy atom. The molecule has 1 unspecified atom stereocenters. The normalized spacial score (nSPS) is 14.5. The number of alkyl halides is 3. The van der Waals surface area contributed by atoms with Crippen LogP contribution in [0.2, 0.25) is 0 Å². The Bertz CT molecular complexity index is 287. The number of nitrogens with two attached hydrogens (primary N) is 1. The van der Waals surface area contributed by atoms with Crippen LogP contribution >= 0.6 is 0 Å². The predicted molar refractivity (Wildman–Crippen MR) is 38.6 cm³/mol. The molecule has 1 aromatic heterocycles. The second-order valence-corrected chi connectivity index (χ2v) is 2.56. The molecule has 74 valence electrons. The number of nitrogens with zero attached hydrogens (tertiary/aromatic N) is 2. The fourth-order valence-corrected chi connectivity index (χ4v) is 0.806. The summed E-state index contributed by atoms with van der Waals surface area (Å²) in [6.07, 6.45) is -7.28. The van der Waals surface area contributed by atoms with E-state index in [4.69, 9.17) is 10.8 Å². The van der Waals surface area contributed by atoms with Crippen molar-refractivity contribution in [1.82, 2.24) is 9.78 Å². The first-order chi connectivity index (χ1) is 5.82. The van der Waals surface area contributed by atoms with E-state index in [1.54, 1.807) is 0 Å². The molecular weight excluding hydrogens is 187 g/mol. The van der Waals surface area contributed by atoms with Crippen LogP contribution in [0.15, 0.2) is 6.07 Å². The van der Waals surface area contributed by atoms with Gasteiger partial charge in [0.15, 0.2) is 6.10 Å². The van der Waals surface area contributed by atoms with Gasteiger partial charge in [0.25, 0.3) is 0 Å². The van der Waals surface area contributed by atoms with Crippen molar-refractivity contribution in [2.75, 3.05) is 5.73 Å². The molecule has 7 heteroatoms. The molecule has 0 aliphatic rings. The van der Waals surface area contributed by atoms with E-state index in [-0.39, 0.29) is 5.82 Å². The molecular formula is C6H8F3N3O. The maximum atomic E-state index is 11.9. The van der Waals surface area contributed by atoms with Crippen LogP contribution < -0.4 is 5.73 Å². The van der Waals surface area contributed by atoms with E-state index in [2.05, 4.69) is 5.10 Å². The Balaban J connectivity index is 2.96. The lowest BCUT2D eigenvalue weighted by molar-refractivity contribution is -0.208. The van der Waals surface area contributed by atoms with Crippen LogP contribution in [0.3, 0.4) is 0 Å². The maximum Gasteiger partial charge on any atom is 0.420 e. The molecule has 0 aliphatic carbocycles. The first-order valence-corrected chi connectivity index (χ1v) is 3.36. The SMILES string of the molecule is Cn1nc(C(O)C(F)(F)F)cc1N. The number of anilines is 1. The minimum Gasteiger partial charge on any atom is -0.384 e. The molecule has 1 aromatic rings. The summed E-state index contributed by atoms with van der Waals surface area (Å²) >= 11 is 0. The number of aliphatic hydroxyl groups excluding tert-OH is 1. The van der Waals surface area contributed by atoms with Crippen LogP contribution in [-0.2, 0) is 7.05 Å². The van der Waals surface area contributed by atoms with Crippen LogP contribution in [-0.4, -0.2) is 21.1 Å². The van der Waals surface area contributed by atoms with Crippen molar-refractivity contribution >= 4 is 5.82 Å². The van der Waals surface area contributed by atoms with Gasteiger partial charge in [-0.15, -0.1) is 0 Å². The maximum absolute atomic E-state index is 11.9. The van der Waals surface area contributed by atoms with Gasteiger partial charge in [-0.2, -0.15) is 18.3 Å². The molecule has 0 bridgehead atoms. The van der Waals surface area contributed by atoms with Crippen molar-refractivity contribution < 1.29 is 18.3 Å². The zero-order valence-corrected chi connectivity index (χ0v) is 6.71. The average molecular weight is 195 g/mol.